The number of benzene rings is 1. The second-order valence-corrected chi connectivity index (χ2v) is 5.93. The molecule has 4 nitrogen and oxygen atoms in total. The first-order chi connectivity index (χ1) is 10.1. The lowest BCUT2D eigenvalue weighted by molar-refractivity contribution is -0.138. The van der Waals surface area contributed by atoms with Crippen LogP contribution >= 0.6 is 0 Å². The SMILES string of the molecule is COC(=O)C1=C(c2ccccc2)N2CCC[C@]2(C)CC1=O. The van der Waals surface area contributed by atoms with Crippen LogP contribution < -0.4 is 0 Å². The van der Waals surface area contributed by atoms with E-state index >= 15 is 0 Å². The van der Waals surface area contributed by atoms with Crippen LogP contribution in [0.5, 0.6) is 0 Å². The van der Waals surface area contributed by atoms with Gasteiger partial charge in [-0.2, -0.15) is 0 Å². The third kappa shape index (κ3) is 2.15. The van der Waals surface area contributed by atoms with Crippen LogP contribution in [-0.2, 0) is 14.3 Å². The van der Waals surface area contributed by atoms with E-state index in [0.717, 1.165) is 30.6 Å². The Bertz CT molecular complexity index is 620. The number of carbonyl (C=O) groups excluding carboxylic acids is 2. The van der Waals surface area contributed by atoms with Gasteiger partial charge in [0.05, 0.1) is 12.8 Å². The number of carbonyl (C=O) groups is 2. The molecule has 0 aliphatic carbocycles. The first-order valence-corrected chi connectivity index (χ1v) is 7.26. The van der Waals surface area contributed by atoms with E-state index in [4.69, 9.17) is 4.74 Å². The summed E-state index contributed by atoms with van der Waals surface area (Å²) in [6, 6.07) is 9.65. The summed E-state index contributed by atoms with van der Waals surface area (Å²) in [5.41, 5.74) is 1.65. The number of Topliss-reactive ketones (excluding diaryl/α,β-unsaturated/α-hetero) is 1. The summed E-state index contributed by atoms with van der Waals surface area (Å²) in [6.07, 6.45) is 2.39. The summed E-state index contributed by atoms with van der Waals surface area (Å²) in [7, 11) is 1.32. The molecule has 0 aromatic heterocycles. The normalized spacial score (nSPS) is 25.0. The molecule has 2 aliphatic rings. The van der Waals surface area contributed by atoms with Gasteiger partial charge in [0.1, 0.15) is 5.57 Å². The molecule has 0 spiro atoms. The zero-order valence-corrected chi connectivity index (χ0v) is 12.4. The molecule has 3 rings (SSSR count). The summed E-state index contributed by atoms with van der Waals surface area (Å²) in [6.45, 7) is 2.98. The number of hydrogen-bond donors (Lipinski definition) is 0. The van der Waals surface area contributed by atoms with E-state index in [2.05, 4.69) is 11.8 Å². The lowest BCUT2D eigenvalue weighted by atomic mass is 9.83. The van der Waals surface area contributed by atoms with Crippen LogP contribution in [0.4, 0.5) is 0 Å². The van der Waals surface area contributed by atoms with Gasteiger partial charge in [0.2, 0.25) is 0 Å². The maximum Gasteiger partial charge on any atom is 0.343 e. The lowest BCUT2D eigenvalue weighted by Crippen LogP contribution is -2.47. The molecule has 2 heterocycles. The summed E-state index contributed by atoms with van der Waals surface area (Å²) in [5, 5.41) is 0. The summed E-state index contributed by atoms with van der Waals surface area (Å²) < 4.78 is 4.85. The molecule has 1 saturated heterocycles. The van der Waals surface area contributed by atoms with E-state index in [1.54, 1.807) is 0 Å². The minimum atomic E-state index is -0.534. The summed E-state index contributed by atoms with van der Waals surface area (Å²) >= 11 is 0. The average molecular weight is 285 g/mol. The molecular weight excluding hydrogens is 266 g/mol. The monoisotopic (exact) mass is 285 g/mol. The molecular formula is C17H19NO3. The molecule has 0 N–H and O–H groups in total. The van der Waals surface area contributed by atoms with Crippen molar-refractivity contribution in [2.75, 3.05) is 13.7 Å². The molecule has 1 fully saturated rings. The first-order valence-electron chi connectivity index (χ1n) is 7.26. The molecule has 1 atom stereocenters. The van der Waals surface area contributed by atoms with Gasteiger partial charge in [-0.3, -0.25) is 4.79 Å². The Labute approximate surface area is 124 Å². The number of ether oxygens (including phenoxy) is 1. The highest BCUT2D eigenvalue weighted by atomic mass is 16.5. The number of methoxy groups -OCH3 is 1. The average Bonchev–Trinajstić information content (AvgIpc) is 2.86. The quantitative estimate of drug-likeness (QED) is 0.618. The van der Waals surface area contributed by atoms with Crippen LogP contribution in [0.2, 0.25) is 0 Å². The maximum absolute atomic E-state index is 12.5. The lowest BCUT2D eigenvalue weighted by Gasteiger charge is -2.42. The molecule has 0 bridgehead atoms. The molecule has 2 aliphatic heterocycles. The number of fused-ring (bicyclic) bond motifs is 1. The Morgan fingerprint density at radius 1 is 1.29 bits per heavy atom. The zero-order valence-electron chi connectivity index (χ0n) is 12.4. The zero-order chi connectivity index (χ0) is 15.0. The van der Waals surface area contributed by atoms with Crippen molar-refractivity contribution >= 4 is 17.4 Å². The number of hydrogen-bond acceptors (Lipinski definition) is 4. The third-order valence-electron chi connectivity index (χ3n) is 4.51. The van der Waals surface area contributed by atoms with Crippen molar-refractivity contribution in [2.24, 2.45) is 0 Å². The molecule has 0 unspecified atom stereocenters. The van der Waals surface area contributed by atoms with Crippen LogP contribution in [-0.4, -0.2) is 35.8 Å². The Kier molecular flexibility index (Phi) is 3.32. The standard InChI is InChI=1S/C17H19NO3/c1-17-9-6-10-18(17)15(12-7-4-3-5-8-12)14(13(19)11-17)16(20)21-2/h3-5,7-8H,6,9-11H2,1-2H3/t17-/m1/s1. The van der Waals surface area contributed by atoms with Crippen LogP contribution in [0.15, 0.2) is 35.9 Å². The van der Waals surface area contributed by atoms with Crippen LogP contribution in [0.1, 0.15) is 31.7 Å². The van der Waals surface area contributed by atoms with Crippen molar-refractivity contribution in [3.63, 3.8) is 0 Å². The Morgan fingerprint density at radius 2 is 2.00 bits per heavy atom. The van der Waals surface area contributed by atoms with Crippen LogP contribution in [0.3, 0.4) is 0 Å². The summed E-state index contributed by atoms with van der Waals surface area (Å²) in [5.74, 6) is -0.644. The smallest absolute Gasteiger partial charge is 0.343 e. The minimum Gasteiger partial charge on any atom is -0.465 e. The molecule has 0 amide bonds. The number of nitrogens with zero attached hydrogens (tertiary/aromatic N) is 1. The highest BCUT2D eigenvalue weighted by molar-refractivity contribution is 6.23. The maximum atomic E-state index is 12.5. The van der Waals surface area contributed by atoms with Crippen molar-refractivity contribution < 1.29 is 14.3 Å². The first kappa shape index (κ1) is 13.9. The Balaban J connectivity index is 2.22. The van der Waals surface area contributed by atoms with Crippen molar-refractivity contribution in [3.8, 4) is 0 Å². The minimum absolute atomic E-state index is 0.110. The van der Waals surface area contributed by atoms with Gasteiger partial charge in [-0.05, 0) is 25.3 Å². The van der Waals surface area contributed by atoms with Crippen molar-refractivity contribution in [2.45, 2.75) is 31.7 Å². The fraction of sp³-hybridized carbons (Fsp3) is 0.412. The van der Waals surface area contributed by atoms with Crippen LogP contribution in [0.25, 0.3) is 5.70 Å². The predicted octanol–water partition coefficient (Wildman–Crippen LogP) is 2.40. The Hall–Kier alpha value is -2.10. The van der Waals surface area contributed by atoms with Gasteiger partial charge in [-0.25, -0.2) is 4.79 Å². The second-order valence-electron chi connectivity index (χ2n) is 5.93. The molecule has 0 saturated carbocycles. The molecule has 1 aromatic rings. The summed E-state index contributed by atoms with van der Waals surface area (Å²) in [4.78, 5) is 26.9. The van der Waals surface area contributed by atoms with Gasteiger partial charge in [0.25, 0.3) is 0 Å². The van der Waals surface area contributed by atoms with Gasteiger partial charge in [0.15, 0.2) is 5.78 Å². The fourth-order valence-corrected chi connectivity index (χ4v) is 3.50. The van der Waals surface area contributed by atoms with Gasteiger partial charge in [-0.1, -0.05) is 30.3 Å². The third-order valence-corrected chi connectivity index (χ3v) is 4.51. The van der Waals surface area contributed by atoms with Crippen molar-refractivity contribution in [1.82, 2.24) is 4.90 Å². The largest absolute Gasteiger partial charge is 0.465 e. The molecule has 110 valence electrons. The van der Waals surface area contributed by atoms with Crippen LogP contribution in [0, 0.1) is 0 Å². The van der Waals surface area contributed by atoms with Crippen molar-refractivity contribution in [3.05, 3.63) is 41.5 Å². The van der Waals surface area contributed by atoms with E-state index in [1.807, 2.05) is 30.3 Å². The van der Waals surface area contributed by atoms with Gasteiger partial charge >= 0.3 is 5.97 Å². The van der Waals surface area contributed by atoms with E-state index in [-0.39, 0.29) is 16.9 Å². The highest BCUT2D eigenvalue weighted by Gasteiger charge is 2.47. The van der Waals surface area contributed by atoms with E-state index in [1.165, 1.54) is 7.11 Å². The van der Waals surface area contributed by atoms with E-state index in [9.17, 15) is 9.59 Å². The molecule has 1 aromatic carbocycles. The van der Waals surface area contributed by atoms with Crippen molar-refractivity contribution in [1.29, 1.82) is 0 Å². The van der Waals surface area contributed by atoms with E-state index in [0.29, 0.717) is 6.42 Å². The van der Waals surface area contributed by atoms with E-state index < -0.39 is 5.97 Å². The number of esters is 1. The highest BCUT2D eigenvalue weighted by Crippen LogP contribution is 2.44. The Morgan fingerprint density at radius 3 is 2.67 bits per heavy atom. The topological polar surface area (TPSA) is 46.6 Å². The fourth-order valence-electron chi connectivity index (χ4n) is 3.50. The predicted molar refractivity (Wildman–Crippen MR) is 79.3 cm³/mol. The number of rotatable bonds is 2. The molecule has 0 radical (unpaired) electrons. The molecule has 4 heteroatoms. The van der Waals surface area contributed by atoms with Gasteiger partial charge < -0.3 is 9.64 Å². The molecule has 21 heavy (non-hydrogen) atoms. The van der Waals surface area contributed by atoms with Gasteiger partial charge in [0, 0.05) is 18.5 Å². The second kappa shape index (κ2) is 5.02. The van der Waals surface area contributed by atoms with Gasteiger partial charge in [-0.15, -0.1) is 0 Å². The number of ketones is 1.